The summed E-state index contributed by atoms with van der Waals surface area (Å²) in [6.45, 7) is 0.846. The molecule has 2 aliphatic heterocycles. The van der Waals surface area contributed by atoms with Crippen LogP contribution >= 0.6 is 0 Å². The second-order valence-electron chi connectivity index (χ2n) is 8.33. The molecule has 0 radical (unpaired) electrons. The number of hydrogen-bond acceptors (Lipinski definition) is 10. The standard InChI is InChI=1S/C24H26N2O8/c27-10-19-21(28)22(29)23(30)24(34-19)14-2-4-17(33-20-11-31-12-26-20)15(9-14)7-13-1-3-18-16(8-13)25-5-6-32-18/h1-4,8-9,11-12,19,21-25,27-30H,5-7,10H2/t19-,21-,22+,23-,24+/m1/s1. The highest BCUT2D eigenvalue weighted by atomic mass is 16.5. The Hall–Kier alpha value is -3.15. The van der Waals surface area contributed by atoms with Crippen molar-refractivity contribution in [3.63, 3.8) is 0 Å². The SMILES string of the molecule is OC[C@H]1O[C@@H](c2ccc(Oc3cocn3)c(Cc3ccc4c(c3)NCCO4)c2)[C@H](O)[C@@H](O)[C@@H]1O. The zero-order valence-electron chi connectivity index (χ0n) is 18.2. The molecule has 3 heterocycles. The quantitative estimate of drug-likeness (QED) is 0.358. The first kappa shape index (κ1) is 22.6. The van der Waals surface area contributed by atoms with Crippen molar-refractivity contribution in [1.29, 1.82) is 0 Å². The maximum absolute atomic E-state index is 10.6. The van der Waals surface area contributed by atoms with E-state index in [1.165, 1.54) is 12.7 Å². The molecule has 1 aromatic heterocycles. The summed E-state index contributed by atoms with van der Waals surface area (Å²) in [5.41, 5.74) is 3.24. The third kappa shape index (κ3) is 4.46. The van der Waals surface area contributed by atoms with Crippen LogP contribution in [-0.2, 0) is 11.2 Å². The van der Waals surface area contributed by atoms with E-state index in [1.54, 1.807) is 12.1 Å². The summed E-state index contributed by atoms with van der Waals surface area (Å²) < 4.78 is 22.3. The summed E-state index contributed by atoms with van der Waals surface area (Å²) in [5.74, 6) is 1.62. The lowest BCUT2D eigenvalue weighted by molar-refractivity contribution is -0.231. The first-order valence-electron chi connectivity index (χ1n) is 11.0. The highest BCUT2D eigenvalue weighted by Gasteiger charge is 2.44. The number of rotatable bonds is 6. The fourth-order valence-corrected chi connectivity index (χ4v) is 4.27. The normalized spacial score (nSPS) is 26.3. The minimum atomic E-state index is -1.46. The van der Waals surface area contributed by atoms with E-state index in [4.69, 9.17) is 18.6 Å². The van der Waals surface area contributed by atoms with E-state index in [2.05, 4.69) is 10.3 Å². The molecular weight excluding hydrogens is 444 g/mol. The largest absolute Gasteiger partial charge is 0.490 e. The van der Waals surface area contributed by atoms with Crippen molar-refractivity contribution in [3.8, 4) is 17.4 Å². The van der Waals surface area contributed by atoms with Gasteiger partial charge < -0.3 is 44.4 Å². The molecule has 1 fully saturated rings. The van der Waals surface area contributed by atoms with E-state index in [0.29, 0.717) is 30.2 Å². The highest BCUT2D eigenvalue weighted by molar-refractivity contribution is 5.60. The van der Waals surface area contributed by atoms with Crippen LogP contribution in [0.5, 0.6) is 17.4 Å². The second-order valence-corrected chi connectivity index (χ2v) is 8.33. The number of nitrogens with one attached hydrogen (secondary N) is 1. The topological polar surface area (TPSA) is 147 Å². The van der Waals surface area contributed by atoms with Gasteiger partial charge in [0.15, 0.2) is 12.7 Å². The number of aromatic nitrogens is 1. The van der Waals surface area contributed by atoms with Gasteiger partial charge in [0, 0.05) is 13.0 Å². The Balaban J connectivity index is 1.48. The molecule has 5 N–H and O–H groups in total. The number of nitrogens with zero attached hydrogens (tertiary/aromatic N) is 1. The van der Waals surface area contributed by atoms with Crippen LogP contribution in [0.4, 0.5) is 5.69 Å². The fourth-order valence-electron chi connectivity index (χ4n) is 4.27. The average molecular weight is 470 g/mol. The monoisotopic (exact) mass is 470 g/mol. The van der Waals surface area contributed by atoms with Crippen LogP contribution in [0.15, 0.2) is 53.5 Å². The van der Waals surface area contributed by atoms with Crippen LogP contribution in [0.2, 0.25) is 0 Å². The maximum Gasteiger partial charge on any atom is 0.258 e. The maximum atomic E-state index is 10.6. The molecule has 10 nitrogen and oxygen atoms in total. The van der Waals surface area contributed by atoms with Crippen molar-refractivity contribution in [3.05, 3.63) is 65.7 Å². The molecule has 2 aromatic carbocycles. The molecule has 0 aliphatic carbocycles. The van der Waals surface area contributed by atoms with E-state index in [0.717, 1.165) is 29.1 Å². The predicted molar refractivity (Wildman–Crippen MR) is 119 cm³/mol. The van der Waals surface area contributed by atoms with E-state index in [9.17, 15) is 20.4 Å². The number of anilines is 1. The summed E-state index contributed by atoms with van der Waals surface area (Å²) in [4.78, 5) is 4.01. The van der Waals surface area contributed by atoms with Gasteiger partial charge in [-0.2, -0.15) is 4.98 Å². The van der Waals surface area contributed by atoms with Crippen LogP contribution in [0, 0.1) is 0 Å². The zero-order valence-corrected chi connectivity index (χ0v) is 18.2. The number of aliphatic hydroxyl groups excluding tert-OH is 4. The first-order valence-corrected chi connectivity index (χ1v) is 11.0. The molecule has 5 rings (SSSR count). The van der Waals surface area contributed by atoms with Crippen LogP contribution in [0.3, 0.4) is 0 Å². The Kier molecular flexibility index (Phi) is 6.40. The molecule has 0 amide bonds. The van der Waals surface area contributed by atoms with E-state index in [-0.39, 0.29) is 0 Å². The minimum absolute atomic E-state index is 0.294. The molecule has 0 saturated carbocycles. The number of fused-ring (bicyclic) bond motifs is 1. The summed E-state index contributed by atoms with van der Waals surface area (Å²) in [6, 6.07) is 11.1. The van der Waals surface area contributed by atoms with Gasteiger partial charge in [-0.05, 0) is 41.0 Å². The summed E-state index contributed by atoms with van der Waals surface area (Å²) in [6.07, 6.45) is -3.07. The second kappa shape index (κ2) is 9.61. The number of aliphatic hydroxyl groups is 4. The molecular formula is C24H26N2O8. The van der Waals surface area contributed by atoms with Gasteiger partial charge in [0.1, 0.15) is 48.6 Å². The van der Waals surface area contributed by atoms with E-state index >= 15 is 0 Å². The van der Waals surface area contributed by atoms with Gasteiger partial charge in [-0.25, -0.2) is 0 Å². The molecule has 2 aliphatic rings. The summed E-state index contributed by atoms with van der Waals surface area (Å²) >= 11 is 0. The average Bonchev–Trinajstić information content (AvgIpc) is 3.37. The lowest BCUT2D eigenvalue weighted by atomic mass is 9.90. The van der Waals surface area contributed by atoms with Gasteiger partial charge in [-0.1, -0.05) is 12.1 Å². The lowest BCUT2D eigenvalue weighted by Crippen LogP contribution is -2.55. The number of oxazole rings is 1. The molecule has 3 aromatic rings. The van der Waals surface area contributed by atoms with Crippen LogP contribution in [0.1, 0.15) is 22.8 Å². The van der Waals surface area contributed by atoms with Gasteiger partial charge in [-0.15, -0.1) is 0 Å². The Bertz CT molecular complexity index is 1120. The van der Waals surface area contributed by atoms with Crippen molar-refractivity contribution in [1.82, 2.24) is 4.98 Å². The Labute approximate surface area is 195 Å². The van der Waals surface area contributed by atoms with Gasteiger partial charge in [0.2, 0.25) is 0 Å². The fraction of sp³-hybridized carbons (Fsp3) is 0.375. The van der Waals surface area contributed by atoms with Gasteiger partial charge in [-0.3, -0.25) is 0 Å². The van der Waals surface area contributed by atoms with Crippen LogP contribution < -0.4 is 14.8 Å². The zero-order chi connectivity index (χ0) is 23.7. The molecule has 0 spiro atoms. The number of ether oxygens (including phenoxy) is 3. The lowest BCUT2D eigenvalue weighted by Gasteiger charge is -2.40. The first-order chi connectivity index (χ1) is 16.5. The molecule has 34 heavy (non-hydrogen) atoms. The molecule has 180 valence electrons. The molecule has 10 heteroatoms. The van der Waals surface area contributed by atoms with E-state index < -0.39 is 37.1 Å². The Morgan fingerprint density at radius 3 is 2.74 bits per heavy atom. The van der Waals surface area contributed by atoms with Crippen molar-refractivity contribution in [2.75, 3.05) is 25.1 Å². The predicted octanol–water partition coefficient (Wildman–Crippen LogP) is 1.38. The highest BCUT2D eigenvalue weighted by Crippen LogP contribution is 2.37. The van der Waals surface area contributed by atoms with Gasteiger partial charge in [0.05, 0.1) is 12.3 Å². The van der Waals surface area contributed by atoms with Crippen molar-refractivity contribution >= 4 is 5.69 Å². The summed E-state index contributed by atoms with van der Waals surface area (Å²) in [7, 11) is 0. The van der Waals surface area contributed by atoms with Gasteiger partial charge in [0.25, 0.3) is 5.88 Å². The smallest absolute Gasteiger partial charge is 0.258 e. The number of benzene rings is 2. The van der Waals surface area contributed by atoms with Crippen molar-refractivity contribution in [2.45, 2.75) is 36.9 Å². The van der Waals surface area contributed by atoms with Gasteiger partial charge >= 0.3 is 0 Å². The molecule has 5 atom stereocenters. The third-order valence-electron chi connectivity index (χ3n) is 6.04. The van der Waals surface area contributed by atoms with Crippen molar-refractivity contribution in [2.24, 2.45) is 0 Å². The third-order valence-corrected chi connectivity index (χ3v) is 6.04. The van der Waals surface area contributed by atoms with Crippen molar-refractivity contribution < 1.29 is 39.1 Å². The Morgan fingerprint density at radius 2 is 1.94 bits per heavy atom. The molecule has 0 bridgehead atoms. The molecule has 1 saturated heterocycles. The molecule has 0 unspecified atom stereocenters. The minimum Gasteiger partial charge on any atom is -0.490 e. The Morgan fingerprint density at radius 1 is 1.06 bits per heavy atom. The summed E-state index contributed by atoms with van der Waals surface area (Å²) in [5, 5.41) is 43.8. The number of hydrogen-bond donors (Lipinski definition) is 5. The van der Waals surface area contributed by atoms with E-state index in [1.807, 2.05) is 24.3 Å². The van der Waals surface area contributed by atoms with Crippen LogP contribution in [0.25, 0.3) is 0 Å². The van der Waals surface area contributed by atoms with Crippen LogP contribution in [-0.4, -0.2) is 69.6 Å².